The Morgan fingerprint density at radius 2 is 1.50 bits per heavy atom. The van der Waals surface area contributed by atoms with Crippen molar-refractivity contribution in [2.45, 2.75) is 13.0 Å². The van der Waals surface area contributed by atoms with Gasteiger partial charge in [-0.25, -0.2) is 0 Å². The van der Waals surface area contributed by atoms with Gasteiger partial charge in [-0.05, 0) is 24.1 Å². The van der Waals surface area contributed by atoms with E-state index < -0.39 is 0 Å². The fourth-order valence-corrected chi connectivity index (χ4v) is 4.10. The van der Waals surface area contributed by atoms with Gasteiger partial charge in [0, 0.05) is 44.0 Å². The Morgan fingerprint density at radius 1 is 0.875 bits per heavy atom. The number of rotatable bonds is 7. The first-order valence-electron chi connectivity index (χ1n) is 11.3. The Bertz CT molecular complexity index is 1020. The molecule has 0 bridgehead atoms. The van der Waals surface area contributed by atoms with Gasteiger partial charge in [-0.15, -0.1) is 0 Å². The van der Waals surface area contributed by atoms with Gasteiger partial charge in [0.15, 0.2) is 0 Å². The van der Waals surface area contributed by atoms with Crippen LogP contribution >= 0.6 is 0 Å². The lowest BCUT2D eigenvalue weighted by Crippen LogP contribution is -2.52. The molecule has 0 aromatic heterocycles. The molecule has 1 heterocycles. The molecule has 1 fully saturated rings. The minimum atomic E-state index is -0.166. The molecule has 4 nitrogen and oxygen atoms in total. The average Bonchev–Trinajstić information content (AvgIpc) is 2.85. The van der Waals surface area contributed by atoms with E-state index in [-0.39, 0.29) is 11.9 Å². The highest BCUT2D eigenvalue weighted by atomic mass is 16.2. The number of hydrogen-bond acceptors (Lipinski definition) is 3. The highest BCUT2D eigenvalue weighted by molar-refractivity contribution is 5.98. The van der Waals surface area contributed by atoms with Crippen LogP contribution in [-0.4, -0.2) is 54.5 Å². The van der Waals surface area contributed by atoms with Crippen LogP contribution in [0.25, 0.3) is 17.2 Å². The fraction of sp³-hybridized carbons (Fsp3) is 0.250. The first-order chi connectivity index (χ1) is 15.7. The molecule has 4 heteroatoms. The summed E-state index contributed by atoms with van der Waals surface area (Å²) >= 11 is 0. The number of nitrogens with one attached hydrogen (secondary N) is 1. The quantitative estimate of drug-likeness (QED) is 0.578. The largest absolute Gasteiger partial charge is 0.324 e. The van der Waals surface area contributed by atoms with E-state index in [4.69, 9.17) is 0 Å². The molecule has 32 heavy (non-hydrogen) atoms. The van der Waals surface area contributed by atoms with E-state index in [2.05, 4.69) is 69.7 Å². The Hall–Kier alpha value is -3.21. The topological polar surface area (TPSA) is 35.6 Å². The summed E-state index contributed by atoms with van der Waals surface area (Å²) in [6, 6.07) is 28.4. The third-order valence-corrected chi connectivity index (χ3v) is 6.08. The van der Waals surface area contributed by atoms with Crippen molar-refractivity contribution >= 4 is 17.7 Å². The zero-order chi connectivity index (χ0) is 22.2. The van der Waals surface area contributed by atoms with Crippen molar-refractivity contribution in [1.29, 1.82) is 0 Å². The molecule has 1 N–H and O–H groups in total. The summed E-state index contributed by atoms with van der Waals surface area (Å²) in [5.41, 5.74) is 4.24. The highest BCUT2D eigenvalue weighted by Crippen LogP contribution is 2.27. The molecule has 4 rings (SSSR count). The second-order valence-corrected chi connectivity index (χ2v) is 8.23. The lowest BCUT2D eigenvalue weighted by atomic mass is 10.0. The first kappa shape index (κ1) is 22.0. The molecule has 3 aromatic rings. The zero-order valence-electron chi connectivity index (χ0n) is 18.7. The zero-order valence-corrected chi connectivity index (χ0v) is 18.7. The number of para-hydroxylation sites is 1. The van der Waals surface area contributed by atoms with Gasteiger partial charge in [0.05, 0.1) is 6.04 Å². The third kappa shape index (κ3) is 5.72. The number of benzene rings is 3. The monoisotopic (exact) mass is 425 g/mol. The number of carbonyl (C=O) groups excluding carboxylic acids is 1. The maximum atomic E-state index is 13.0. The van der Waals surface area contributed by atoms with Crippen LogP contribution in [0.5, 0.6) is 0 Å². The standard InChI is InChI=1S/C28H31N3O/c1-23(28(32)29-27-17-9-8-16-26(27)25-14-6-3-7-15-25)31-21-19-30(20-22-31)18-10-13-24-11-4-2-5-12-24/h2-17,23H,18-22H2,1H3,(H,29,32). The van der Waals surface area contributed by atoms with Crippen LogP contribution in [0.4, 0.5) is 5.69 Å². The number of anilines is 1. The molecule has 3 aromatic carbocycles. The maximum absolute atomic E-state index is 13.0. The van der Waals surface area contributed by atoms with E-state index in [1.54, 1.807) is 0 Å². The summed E-state index contributed by atoms with van der Waals surface area (Å²) in [6.07, 6.45) is 4.40. The minimum Gasteiger partial charge on any atom is -0.324 e. The molecular weight excluding hydrogens is 394 g/mol. The number of carbonyl (C=O) groups is 1. The van der Waals surface area contributed by atoms with Crippen LogP contribution in [0.2, 0.25) is 0 Å². The molecule has 1 aliphatic heterocycles. The van der Waals surface area contributed by atoms with Gasteiger partial charge in [0.2, 0.25) is 5.91 Å². The van der Waals surface area contributed by atoms with E-state index in [9.17, 15) is 4.79 Å². The van der Waals surface area contributed by atoms with E-state index >= 15 is 0 Å². The van der Waals surface area contributed by atoms with E-state index in [1.807, 2.05) is 49.4 Å². The summed E-state index contributed by atoms with van der Waals surface area (Å²) in [5.74, 6) is 0.0470. The van der Waals surface area contributed by atoms with Crippen molar-refractivity contribution in [1.82, 2.24) is 9.80 Å². The Morgan fingerprint density at radius 3 is 2.22 bits per heavy atom. The Kier molecular flexibility index (Phi) is 7.49. The van der Waals surface area contributed by atoms with Crippen LogP contribution in [0.15, 0.2) is 91.0 Å². The van der Waals surface area contributed by atoms with E-state index in [0.717, 1.165) is 49.5 Å². The molecule has 164 valence electrons. The molecule has 0 radical (unpaired) electrons. The summed E-state index contributed by atoms with van der Waals surface area (Å²) < 4.78 is 0. The van der Waals surface area contributed by atoms with Crippen LogP contribution in [0.3, 0.4) is 0 Å². The number of amides is 1. The molecule has 0 spiro atoms. The summed E-state index contributed by atoms with van der Waals surface area (Å²) in [7, 11) is 0. The van der Waals surface area contributed by atoms with Gasteiger partial charge in [0.1, 0.15) is 0 Å². The Balaban J connectivity index is 1.30. The molecular formula is C28H31N3O. The predicted octanol–water partition coefficient (Wildman–Crippen LogP) is 5.01. The van der Waals surface area contributed by atoms with Gasteiger partial charge in [-0.1, -0.05) is 91.0 Å². The third-order valence-electron chi connectivity index (χ3n) is 6.08. The molecule has 0 saturated carbocycles. The van der Waals surface area contributed by atoms with Crippen molar-refractivity contribution in [3.8, 4) is 11.1 Å². The average molecular weight is 426 g/mol. The first-order valence-corrected chi connectivity index (χ1v) is 11.3. The molecule has 1 atom stereocenters. The Labute approximate surface area is 191 Å². The minimum absolute atomic E-state index is 0.0470. The van der Waals surface area contributed by atoms with Crippen molar-refractivity contribution < 1.29 is 4.79 Å². The van der Waals surface area contributed by atoms with Crippen molar-refractivity contribution in [3.05, 3.63) is 96.6 Å². The highest BCUT2D eigenvalue weighted by Gasteiger charge is 2.25. The number of hydrogen-bond donors (Lipinski definition) is 1. The second kappa shape index (κ2) is 10.9. The summed E-state index contributed by atoms with van der Waals surface area (Å²) in [5, 5.41) is 3.16. The van der Waals surface area contributed by atoms with Crippen LogP contribution in [-0.2, 0) is 4.79 Å². The lowest BCUT2D eigenvalue weighted by Gasteiger charge is -2.37. The van der Waals surface area contributed by atoms with E-state index in [1.165, 1.54) is 5.56 Å². The summed E-state index contributed by atoms with van der Waals surface area (Å²) in [4.78, 5) is 17.7. The van der Waals surface area contributed by atoms with Crippen molar-refractivity contribution in [3.63, 3.8) is 0 Å². The molecule has 1 saturated heterocycles. The number of piperazine rings is 1. The number of nitrogens with zero attached hydrogens (tertiary/aromatic N) is 2. The fourth-order valence-electron chi connectivity index (χ4n) is 4.10. The normalized spacial score (nSPS) is 16.2. The van der Waals surface area contributed by atoms with Gasteiger partial charge >= 0.3 is 0 Å². The van der Waals surface area contributed by atoms with Gasteiger partial charge < -0.3 is 5.32 Å². The molecule has 1 unspecified atom stereocenters. The molecule has 0 aliphatic carbocycles. The van der Waals surface area contributed by atoms with Gasteiger partial charge in [0.25, 0.3) is 0 Å². The maximum Gasteiger partial charge on any atom is 0.241 e. The van der Waals surface area contributed by atoms with Crippen molar-refractivity contribution in [2.75, 3.05) is 38.0 Å². The molecule has 1 aliphatic rings. The second-order valence-electron chi connectivity index (χ2n) is 8.23. The van der Waals surface area contributed by atoms with Crippen LogP contribution < -0.4 is 5.32 Å². The molecule has 1 amide bonds. The van der Waals surface area contributed by atoms with Gasteiger partial charge in [-0.3, -0.25) is 14.6 Å². The van der Waals surface area contributed by atoms with E-state index in [0.29, 0.717) is 0 Å². The van der Waals surface area contributed by atoms with Crippen LogP contribution in [0, 0.1) is 0 Å². The smallest absolute Gasteiger partial charge is 0.241 e. The summed E-state index contributed by atoms with van der Waals surface area (Å²) in [6.45, 7) is 6.68. The SMILES string of the molecule is CC(C(=O)Nc1ccccc1-c1ccccc1)N1CCN(CC=Cc2ccccc2)CC1. The van der Waals surface area contributed by atoms with Gasteiger partial charge in [-0.2, -0.15) is 0 Å². The van der Waals surface area contributed by atoms with Crippen molar-refractivity contribution in [2.24, 2.45) is 0 Å². The lowest BCUT2D eigenvalue weighted by molar-refractivity contribution is -0.121. The predicted molar refractivity (Wildman–Crippen MR) is 133 cm³/mol. The van der Waals surface area contributed by atoms with Crippen LogP contribution in [0.1, 0.15) is 12.5 Å².